The molecule has 3 aromatic rings. The minimum atomic E-state index is -0.0878. The van der Waals surface area contributed by atoms with Crippen LogP contribution in [0.3, 0.4) is 0 Å². The van der Waals surface area contributed by atoms with Gasteiger partial charge in [0, 0.05) is 0 Å². The van der Waals surface area contributed by atoms with Crippen molar-refractivity contribution in [3.8, 4) is 0 Å². The molecule has 0 atom stereocenters. The number of nitrogen functional groups attached to an aromatic ring is 1. The molecule has 0 radical (unpaired) electrons. The Labute approximate surface area is 119 Å². The lowest BCUT2D eigenvalue weighted by molar-refractivity contribution is -0.115. The predicted octanol–water partition coefficient (Wildman–Crippen LogP) is 1.90. The third-order valence-corrected chi connectivity index (χ3v) is 3.49. The van der Waals surface area contributed by atoms with Gasteiger partial charge in [-0.2, -0.15) is 0 Å². The Bertz CT molecular complexity index is 857. The Morgan fingerprint density at radius 2 is 1.90 bits per heavy atom. The molecule has 7 heteroatoms. The van der Waals surface area contributed by atoms with Gasteiger partial charge in [-0.25, -0.2) is 4.63 Å². The van der Waals surface area contributed by atoms with E-state index in [1.54, 1.807) is 6.07 Å². The molecule has 7 nitrogen and oxygen atoms in total. The van der Waals surface area contributed by atoms with Crippen LogP contribution in [0.5, 0.6) is 0 Å². The van der Waals surface area contributed by atoms with Gasteiger partial charge in [0.15, 0.2) is 11.0 Å². The first-order valence-electron chi connectivity index (χ1n) is 6.41. The number of nitrogens with one attached hydrogen (secondary N) is 1. The number of nitrogens with two attached hydrogens (primary N) is 1. The van der Waals surface area contributed by atoms with Gasteiger partial charge in [0.1, 0.15) is 6.54 Å². The van der Waals surface area contributed by atoms with E-state index in [0.29, 0.717) is 16.7 Å². The predicted molar refractivity (Wildman–Crippen MR) is 78.3 cm³/mol. The summed E-state index contributed by atoms with van der Waals surface area (Å²) >= 11 is 0. The number of fused-ring (bicyclic) bond motifs is 2. The molecule has 0 unspecified atom stereocenters. The number of nitrogens with zero attached hydrogens (tertiary/aromatic N) is 3. The molecule has 0 saturated carbocycles. The van der Waals surface area contributed by atoms with E-state index >= 15 is 0 Å². The zero-order valence-electron chi connectivity index (χ0n) is 10.9. The molecule has 104 valence electrons. The summed E-state index contributed by atoms with van der Waals surface area (Å²) in [4.78, 5) is 13.8. The second-order valence-corrected chi connectivity index (χ2v) is 4.79. The maximum absolute atomic E-state index is 11.9. The SMILES string of the molecule is Nc1ccc(N2CC(=O)Nc3ccccc32)c2nonc12. The number of carbonyl (C=O) groups is 1. The van der Waals surface area contributed by atoms with Gasteiger partial charge in [-0.15, -0.1) is 0 Å². The van der Waals surface area contributed by atoms with Crippen LogP contribution in [0.2, 0.25) is 0 Å². The van der Waals surface area contributed by atoms with E-state index in [-0.39, 0.29) is 12.5 Å². The van der Waals surface area contributed by atoms with Crippen molar-refractivity contribution < 1.29 is 9.42 Å². The Hall–Kier alpha value is -3.09. The zero-order chi connectivity index (χ0) is 14.4. The monoisotopic (exact) mass is 281 g/mol. The van der Waals surface area contributed by atoms with Crippen molar-refractivity contribution in [1.29, 1.82) is 0 Å². The smallest absolute Gasteiger partial charge is 0.244 e. The number of hydrogen-bond donors (Lipinski definition) is 2. The first-order chi connectivity index (χ1) is 10.2. The van der Waals surface area contributed by atoms with Crippen molar-refractivity contribution in [3.63, 3.8) is 0 Å². The van der Waals surface area contributed by atoms with E-state index in [1.165, 1.54) is 0 Å². The fourth-order valence-electron chi connectivity index (χ4n) is 2.54. The van der Waals surface area contributed by atoms with Gasteiger partial charge in [-0.3, -0.25) is 4.79 Å². The van der Waals surface area contributed by atoms with E-state index in [1.807, 2.05) is 35.2 Å². The zero-order valence-corrected chi connectivity index (χ0v) is 10.9. The van der Waals surface area contributed by atoms with Gasteiger partial charge in [-0.05, 0) is 34.6 Å². The van der Waals surface area contributed by atoms with Crippen molar-refractivity contribution in [2.75, 3.05) is 22.5 Å². The quantitative estimate of drug-likeness (QED) is 0.661. The van der Waals surface area contributed by atoms with Crippen molar-refractivity contribution >= 4 is 39.7 Å². The molecule has 1 aliphatic rings. The van der Waals surface area contributed by atoms with Crippen molar-refractivity contribution in [2.24, 2.45) is 0 Å². The molecule has 1 amide bonds. The lowest BCUT2D eigenvalue weighted by Crippen LogP contribution is -2.35. The van der Waals surface area contributed by atoms with Gasteiger partial charge < -0.3 is 16.0 Å². The number of benzene rings is 2. The standard InChI is InChI=1S/C14H11N5O2/c15-8-5-6-11(14-13(8)17-21-18-14)19-7-12(20)16-9-3-1-2-4-10(9)19/h1-6H,7,15H2,(H,16,20). The maximum Gasteiger partial charge on any atom is 0.244 e. The molecule has 3 N–H and O–H groups in total. The normalized spacial score (nSPS) is 14.1. The van der Waals surface area contributed by atoms with Gasteiger partial charge in [0.25, 0.3) is 0 Å². The summed E-state index contributed by atoms with van der Waals surface area (Å²) in [5.41, 5.74) is 9.78. The second-order valence-electron chi connectivity index (χ2n) is 4.79. The molecule has 4 rings (SSSR count). The molecule has 2 aromatic carbocycles. The average Bonchev–Trinajstić information content (AvgIpc) is 2.97. The van der Waals surface area contributed by atoms with E-state index < -0.39 is 0 Å². The maximum atomic E-state index is 11.9. The van der Waals surface area contributed by atoms with Gasteiger partial charge in [0.05, 0.1) is 22.7 Å². The number of aromatic nitrogens is 2. The van der Waals surface area contributed by atoms with Crippen molar-refractivity contribution in [2.45, 2.75) is 0 Å². The molecule has 0 fully saturated rings. The highest BCUT2D eigenvalue weighted by Crippen LogP contribution is 2.38. The summed E-state index contributed by atoms with van der Waals surface area (Å²) < 4.78 is 4.78. The number of anilines is 4. The van der Waals surface area contributed by atoms with Crippen LogP contribution in [0, 0.1) is 0 Å². The van der Waals surface area contributed by atoms with Crippen LogP contribution in [0.4, 0.5) is 22.7 Å². The Morgan fingerprint density at radius 1 is 1.10 bits per heavy atom. The number of rotatable bonds is 1. The molecule has 0 bridgehead atoms. The average molecular weight is 281 g/mol. The molecule has 0 saturated heterocycles. The van der Waals surface area contributed by atoms with Gasteiger partial charge >= 0.3 is 0 Å². The highest BCUT2D eigenvalue weighted by atomic mass is 16.6. The second kappa shape index (κ2) is 4.20. The third kappa shape index (κ3) is 1.71. The van der Waals surface area contributed by atoms with E-state index in [4.69, 9.17) is 10.4 Å². The van der Waals surface area contributed by atoms with E-state index in [0.717, 1.165) is 17.1 Å². The van der Waals surface area contributed by atoms with Crippen LogP contribution in [0.25, 0.3) is 11.0 Å². The van der Waals surface area contributed by atoms with Crippen LogP contribution in [0.15, 0.2) is 41.0 Å². The summed E-state index contributed by atoms with van der Waals surface area (Å²) in [5.74, 6) is -0.0878. The number of carbonyl (C=O) groups excluding carboxylic acids is 1. The molecule has 0 aliphatic carbocycles. The summed E-state index contributed by atoms with van der Waals surface area (Å²) in [6.45, 7) is 0.197. The topological polar surface area (TPSA) is 97.3 Å². The van der Waals surface area contributed by atoms with Crippen molar-refractivity contribution in [3.05, 3.63) is 36.4 Å². The first kappa shape index (κ1) is 11.7. The highest BCUT2D eigenvalue weighted by molar-refractivity contribution is 6.06. The Kier molecular flexibility index (Phi) is 2.34. The minimum Gasteiger partial charge on any atom is -0.397 e. The summed E-state index contributed by atoms with van der Waals surface area (Å²) in [6, 6.07) is 11.1. The molecule has 0 spiro atoms. The van der Waals surface area contributed by atoms with Crippen LogP contribution in [0.1, 0.15) is 0 Å². The largest absolute Gasteiger partial charge is 0.397 e. The van der Waals surface area contributed by atoms with Crippen LogP contribution >= 0.6 is 0 Å². The molecular formula is C14H11N5O2. The highest BCUT2D eigenvalue weighted by Gasteiger charge is 2.25. The minimum absolute atomic E-state index is 0.0878. The van der Waals surface area contributed by atoms with Crippen LogP contribution in [-0.2, 0) is 4.79 Å². The fourth-order valence-corrected chi connectivity index (χ4v) is 2.54. The van der Waals surface area contributed by atoms with E-state index in [9.17, 15) is 4.79 Å². The Morgan fingerprint density at radius 3 is 2.81 bits per heavy atom. The molecule has 2 heterocycles. The van der Waals surface area contributed by atoms with Gasteiger partial charge in [0.2, 0.25) is 5.91 Å². The molecular weight excluding hydrogens is 270 g/mol. The van der Waals surface area contributed by atoms with Gasteiger partial charge in [-0.1, -0.05) is 12.1 Å². The lowest BCUT2D eigenvalue weighted by Gasteiger charge is -2.30. The number of hydrogen-bond acceptors (Lipinski definition) is 6. The van der Waals surface area contributed by atoms with Crippen molar-refractivity contribution in [1.82, 2.24) is 10.3 Å². The summed E-state index contributed by atoms with van der Waals surface area (Å²) in [5, 5.41) is 10.6. The molecule has 21 heavy (non-hydrogen) atoms. The van der Waals surface area contributed by atoms with Crippen LogP contribution in [-0.4, -0.2) is 22.8 Å². The Balaban J connectivity index is 1.95. The fraction of sp³-hybridized carbons (Fsp3) is 0.0714. The third-order valence-electron chi connectivity index (χ3n) is 3.49. The number of para-hydroxylation sites is 2. The van der Waals surface area contributed by atoms with E-state index in [2.05, 4.69) is 15.6 Å². The first-order valence-corrected chi connectivity index (χ1v) is 6.41. The molecule has 1 aromatic heterocycles. The lowest BCUT2D eigenvalue weighted by atomic mass is 10.1. The summed E-state index contributed by atoms with van der Waals surface area (Å²) in [7, 11) is 0. The number of amides is 1. The summed E-state index contributed by atoms with van der Waals surface area (Å²) in [6.07, 6.45) is 0. The van der Waals surface area contributed by atoms with Crippen LogP contribution < -0.4 is 16.0 Å². The molecule has 1 aliphatic heterocycles.